The van der Waals surface area contributed by atoms with Crippen molar-refractivity contribution in [2.24, 2.45) is 11.8 Å². The van der Waals surface area contributed by atoms with Crippen molar-refractivity contribution in [3.63, 3.8) is 0 Å². The Hall–Kier alpha value is -2.22. The predicted octanol–water partition coefficient (Wildman–Crippen LogP) is 0.973. The number of fused-ring (bicyclic) bond motifs is 1. The largest absolute Gasteiger partial charge is 0.382 e. The number of carbonyl (C=O) groups is 1. The Balaban J connectivity index is 1.80. The van der Waals surface area contributed by atoms with Gasteiger partial charge in [0.1, 0.15) is 11.8 Å². The van der Waals surface area contributed by atoms with E-state index in [2.05, 4.69) is 34.1 Å². The lowest BCUT2D eigenvalue weighted by molar-refractivity contribution is -0.135. The normalized spacial score (nSPS) is 30.4. The van der Waals surface area contributed by atoms with E-state index in [1.165, 1.54) is 13.3 Å². The second-order valence-corrected chi connectivity index (χ2v) is 6.65. The zero-order valence-corrected chi connectivity index (χ0v) is 14.4. The van der Waals surface area contributed by atoms with Gasteiger partial charge in [0.2, 0.25) is 5.91 Å². The van der Waals surface area contributed by atoms with Crippen LogP contribution in [0.15, 0.2) is 12.7 Å². The van der Waals surface area contributed by atoms with Crippen molar-refractivity contribution in [2.45, 2.75) is 52.5 Å². The van der Waals surface area contributed by atoms with Crippen LogP contribution < -0.4 is 11.1 Å². The summed E-state index contributed by atoms with van der Waals surface area (Å²) in [6.07, 6.45) is 3.12. The summed E-state index contributed by atoms with van der Waals surface area (Å²) < 4.78 is 8.15. The molecule has 0 radical (unpaired) electrons. The zero-order chi connectivity index (χ0) is 17.4. The van der Waals surface area contributed by atoms with Crippen LogP contribution in [0.3, 0.4) is 0 Å². The third-order valence-corrected chi connectivity index (χ3v) is 5.05. The maximum Gasteiger partial charge on any atom is 0.217 e. The summed E-state index contributed by atoms with van der Waals surface area (Å²) in [5.74, 6) is 0.927. The highest BCUT2D eigenvalue weighted by atomic mass is 16.5. The first-order valence-electron chi connectivity index (χ1n) is 8.22. The van der Waals surface area contributed by atoms with Gasteiger partial charge in [-0.2, -0.15) is 0 Å². The van der Waals surface area contributed by atoms with Gasteiger partial charge in [0, 0.05) is 6.92 Å². The first kappa shape index (κ1) is 16.6. The van der Waals surface area contributed by atoms with Crippen LogP contribution in [0.25, 0.3) is 11.2 Å². The van der Waals surface area contributed by atoms with E-state index < -0.39 is 0 Å². The monoisotopic (exact) mass is 332 g/mol. The maximum absolute atomic E-state index is 11.4. The van der Waals surface area contributed by atoms with Crippen LogP contribution in [0, 0.1) is 11.8 Å². The van der Waals surface area contributed by atoms with E-state index in [-0.39, 0.29) is 30.1 Å². The van der Waals surface area contributed by atoms with Crippen LogP contribution in [0.5, 0.6) is 0 Å². The number of nitrogens with one attached hydrogen (secondary N) is 1. The fourth-order valence-electron chi connectivity index (χ4n) is 3.50. The molecule has 1 aliphatic rings. The molecule has 8 heteroatoms. The van der Waals surface area contributed by atoms with Gasteiger partial charge in [-0.3, -0.25) is 4.79 Å². The molecule has 1 aliphatic heterocycles. The number of anilines is 1. The maximum atomic E-state index is 11.4. The summed E-state index contributed by atoms with van der Waals surface area (Å²) in [6.45, 7) is 8.48. The minimum Gasteiger partial charge on any atom is -0.382 e. The van der Waals surface area contributed by atoms with Crippen LogP contribution in [0.4, 0.5) is 5.82 Å². The first-order chi connectivity index (χ1) is 11.4. The number of imidazole rings is 1. The average molecular weight is 332 g/mol. The molecule has 0 aromatic carbocycles. The summed E-state index contributed by atoms with van der Waals surface area (Å²) in [5, 5.41) is 3.01. The number of hydrogen-bond acceptors (Lipinski definition) is 6. The Morgan fingerprint density at radius 3 is 2.75 bits per heavy atom. The highest BCUT2D eigenvalue weighted by Gasteiger charge is 2.40. The van der Waals surface area contributed by atoms with E-state index >= 15 is 0 Å². The average Bonchev–Trinajstić information content (AvgIpc) is 2.93. The topological polar surface area (TPSA) is 108 Å². The molecule has 8 nitrogen and oxygen atoms in total. The van der Waals surface area contributed by atoms with Crippen molar-refractivity contribution in [3.05, 3.63) is 12.7 Å². The molecular formula is C16H24N6O2. The van der Waals surface area contributed by atoms with Crippen LogP contribution in [-0.4, -0.2) is 43.7 Å². The van der Waals surface area contributed by atoms with E-state index in [9.17, 15) is 4.79 Å². The lowest BCUT2D eigenvalue weighted by atomic mass is 9.80. The number of nitrogens with zero attached hydrogens (tertiary/aromatic N) is 4. The van der Waals surface area contributed by atoms with Crippen molar-refractivity contribution in [2.75, 3.05) is 5.73 Å². The summed E-state index contributed by atoms with van der Waals surface area (Å²) in [7, 11) is 0. The van der Waals surface area contributed by atoms with Crippen LogP contribution in [-0.2, 0) is 16.1 Å². The van der Waals surface area contributed by atoms with Crippen molar-refractivity contribution in [1.29, 1.82) is 0 Å². The van der Waals surface area contributed by atoms with Gasteiger partial charge in [-0.05, 0) is 18.8 Å². The van der Waals surface area contributed by atoms with Gasteiger partial charge in [0.25, 0.3) is 0 Å². The van der Waals surface area contributed by atoms with Crippen molar-refractivity contribution in [1.82, 2.24) is 24.8 Å². The summed E-state index contributed by atoms with van der Waals surface area (Å²) in [4.78, 5) is 24.0. The Morgan fingerprint density at radius 2 is 2.04 bits per heavy atom. The Morgan fingerprint density at radius 1 is 1.29 bits per heavy atom. The number of rotatable bonds is 3. The molecule has 130 valence electrons. The van der Waals surface area contributed by atoms with Crippen LogP contribution in [0.2, 0.25) is 0 Å². The number of nitrogen functional groups attached to an aromatic ring is 1. The number of aromatic nitrogens is 4. The quantitative estimate of drug-likeness (QED) is 0.867. The summed E-state index contributed by atoms with van der Waals surface area (Å²) in [5.41, 5.74) is 7.16. The van der Waals surface area contributed by atoms with Gasteiger partial charge < -0.3 is 20.4 Å². The molecule has 3 heterocycles. The molecule has 2 aromatic rings. The molecule has 1 saturated heterocycles. The number of nitrogens with two attached hydrogens (primary N) is 1. The molecule has 5 atom stereocenters. The first-order valence-corrected chi connectivity index (χ1v) is 8.22. The molecule has 0 bridgehead atoms. The molecule has 1 fully saturated rings. The highest BCUT2D eigenvalue weighted by molar-refractivity contribution is 5.81. The molecule has 0 spiro atoms. The SMILES string of the molecule is CC(=O)NC1C(C)OC(Cn2cnc3c(N)ncnc32)C(C)C1C. The number of carbonyl (C=O) groups excluding carboxylic acids is 1. The van der Waals surface area contributed by atoms with Crippen molar-refractivity contribution in [3.8, 4) is 0 Å². The fraction of sp³-hybridized carbons (Fsp3) is 0.625. The van der Waals surface area contributed by atoms with Gasteiger partial charge in [0.05, 0.1) is 31.1 Å². The molecule has 24 heavy (non-hydrogen) atoms. The fourth-order valence-corrected chi connectivity index (χ4v) is 3.50. The lowest BCUT2D eigenvalue weighted by Gasteiger charge is -2.44. The Kier molecular flexibility index (Phi) is 4.40. The molecule has 2 aromatic heterocycles. The van der Waals surface area contributed by atoms with Gasteiger partial charge in [-0.25, -0.2) is 15.0 Å². The zero-order valence-electron chi connectivity index (χ0n) is 14.4. The van der Waals surface area contributed by atoms with E-state index in [0.717, 1.165) is 0 Å². The molecule has 5 unspecified atom stereocenters. The van der Waals surface area contributed by atoms with Gasteiger partial charge in [0.15, 0.2) is 11.5 Å². The second-order valence-electron chi connectivity index (χ2n) is 6.65. The standard InChI is InChI=1S/C16H24N6O2/c1-8-9(2)13(21-11(4)23)10(3)24-12(8)5-22-7-20-14-15(17)18-6-19-16(14)22/h6-10,12-13H,5H2,1-4H3,(H,21,23)(H2,17,18,19). The van der Waals surface area contributed by atoms with E-state index in [4.69, 9.17) is 10.5 Å². The molecule has 3 rings (SSSR count). The summed E-state index contributed by atoms with van der Waals surface area (Å²) >= 11 is 0. The third kappa shape index (κ3) is 2.93. The van der Waals surface area contributed by atoms with Crippen LogP contribution in [0.1, 0.15) is 27.7 Å². The Bertz CT molecular complexity index is 745. The predicted molar refractivity (Wildman–Crippen MR) is 90.0 cm³/mol. The smallest absolute Gasteiger partial charge is 0.217 e. The summed E-state index contributed by atoms with van der Waals surface area (Å²) in [6, 6.07) is 0.0197. The Labute approximate surface area is 140 Å². The molecular weight excluding hydrogens is 308 g/mol. The minimum absolute atomic E-state index is 0.00796. The highest BCUT2D eigenvalue weighted by Crippen LogP contribution is 2.32. The van der Waals surface area contributed by atoms with E-state index in [0.29, 0.717) is 29.4 Å². The lowest BCUT2D eigenvalue weighted by Crippen LogP contribution is -2.56. The second kappa shape index (κ2) is 6.35. The number of amides is 1. The van der Waals surface area contributed by atoms with Crippen LogP contribution >= 0.6 is 0 Å². The van der Waals surface area contributed by atoms with Gasteiger partial charge >= 0.3 is 0 Å². The molecule has 1 amide bonds. The number of ether oxygens (including phenoxy) is 1. The van der Waals surface area contributed by atoms with Crippen molar-refractivity contribution < 1.29 is 9.53 Å². The number of hydrogen-bond donors (Lipinski definition) is 2. The molecule has 0 saturated carbocycles. The van der Waals surface area contributed by atoms with Crippen molar-refractivity contribution >= 4 is 22.9 Å². The molecule has 3 N–H and O–H groups in total. The minimum atomic E-state index is -0.0559. The van der Waals surface area contributed by atoms with E-state index in [1.54, 1.807) is 6.33 Å². The molecule has 0 aliphatic carbocycles. The van der Waals surface area contributed by atoms with Gasteiger partial charge in [-0.15, -0.1) is 0 Å². The van der Waals surface area contributed by atoms with Gasteiger partial charge in [-0.1, -0.05) is 13.8 Å². The van der Waals surface area contributed by atoms with E-state index in [1.807, 2.05) is 11.5 Å². The third-order valence-electron chi connectivity index (χ3n) is 5.05.